The van der Waals surface area contributed by atoms with Crippen molar-refractivity contribution in [3.63, 3.8) is 0 Å². The lowest BCUT2D eigenvalue weighted by molar-refractivity contribution is -0.136. The molecule has 0 aromatic carbocycles. The Kier molecular flexibility index (Phi) is 6.78. The van der Waals surface area contributed by atoms with Crippen LogP contribution in [0.2, 0.25) is 0 Å². The van der Waals surface area contributed by atoms with Gasteiger partial charge in [0.15, 0.2) is 0 Å². The van der Waals surface area contributed by atoms with Gasteiger partial charge < -0.3 is 19.3 Å². The molecule has 1 aromatic rings. The van der Waals surface area contributed by atoms with Gasteiger partial charge in [-0.25, -0.2) is 4.98 Å². The normalized spacial score (nSPS) is 15.1. The number of carbonyl (C=O) groups excluding carboxylic acids is 1. The van der Waals surface area contributed by atoms with Gasteiger partial charge in [0.05, 0.1) is 18.8 Å². The molecule has 0 bridgehead atoms. The predicted molar refractivity (Wildman–Crippen MR) is 85.1 cm³/mol. The molecule has 0 radical (unpaired) electrons. The summed E-state index contributed by atoms with van der Waals surface area (Å²) in [5.74, 6) is 0.685. The highest BCUT2D eigenvalue weighted by molar-refractivity contribution is 5.77. The molecule has 1 aromatic heterocycles. The van der Waals surface area contributed by atoms with Gasteiger partial charge in [-0.15, -0.1) is 0 Å². The minimum absolute atomic E-state index is 0.00974. The number of ether oxygens (including phenoxy) is 2. The van der Waals surface area contributed by atoms with Crippen molar-refractivity contribution < 1.29 is 14.3 Å². The minimum atomic E-state index is -0.00974. The van der Waals surface area contributed by atoms with Crippen LogP contribution in [-0.2, 0) is 14.3 Å². The molecular weight excluding hydrogens is 296 g/mol. The molecule has 1 aliphatic heterocycles. The molecule has 1 fully saturated rings. The molecule has 0 N–H and O–H groups in total. The molecule has 1 aliphatic rings. The van der Waals surface area contributed by atoms with E-state index in [2.05, 4.69) is 16.0 Å². The highest BCUT2D eigenvalue weighted by atomic mass is 16.5. The van der Waals surface area contributed by atoms with Crippen LogP contribution in [0.25, 0.3) is 0 Å². The Hall–Kier alpha value is -2.17. The number of anilines is 1. The lowest BCUT2D eigenvalue weighted by Gasteiger charge is -2.23. The highest BCUT2D eigenvalue weighted by Crippen LogP contribution is 2.18. The zero-order valence-electron chi connectivity index (χ0n) is 13.4. The van der Waals surface area contributed by atoms with E-state index in [1.54, 1.807) is 25.4 Å². The molecule has 124 valence electrons. The van der Waals surface area contributed by atoms with Crippen LogP contribution in [0, 0.1) is 11.3 Å². The zero-order valence-corrected chi connectivity index (χ0v) is 13.4. The lowest BCUT2D eigenvalue weighted by atomic mass is 10.2. The smallest absolute Gasteiger partial charge is 0.248 e. The Bertz CT molecular complexity index is 559. The minimum Gasteiger partial charge on any atom is -0.382 e. The number of hydrogen-bond acceptors (Lipinski definition) is 6. The molecule has 1 amide bonds. The molecule has 0 saturated carbocycles. The van der Waals surface area contributed by atoms with Gasteiger partial charge >= 0.3 is 0 Å². The maximum Gasteiger partial charge on any atom is 0.248 e. The molecule has 7 heteroatoms. The first kappa shape index (κ1) is 17.2. The van der Waals surface area contributed by atoms with Crippen molar-refractivity contribution >= 4 is 11.7 Å². The number of aromatic nitrogens is 1. The summed E-state index contributed by atoms with van der Waals surface area (Å²) in [4.78, 5) is 20.3. The van der Waals surface area contributed by atoms with Crippen molar-refractivity contribution in [3.05, 3.63) is 23.9 Å². The Morgan fingerprint density at radius 2 is 2.22 bits per heavy atom. The fraction of sp³-hybridized carbons (Fsp3) is 0.562. The van der Waals surface area contributed by atoms with Crippen LogP contribution in [-0.4, -0.2) is 68.9 Å². The topological polar surface area (TPSA) is 78.7 Å². The molecule has 0 atom stereocenters. The van der Waals surface area contributed by atoms with Crippen LogP contribution in [0.1, 0.15) is 12.0 Å². The van der Waals surface area contributed by atoms with Crippen LogP contribution in [0.5, 0.6) is 0 Å². The van der Waals surface area contributed by atoms with Gasteiger partial charge in [-0.3, -0.25) is 4.79 Å². The molecule has 2 heterocycles. The van der Waals surface area contributed by atoms with E-state index < -0.39 is 0 Å². The molecule has 0 spiro atoms. The summed E-state index contributed by atoms with van der Waals surface area (Å²) in [6, 6.07) is 5.69. The fourth-order valence-corrected chi connectivity index (χ4v) is 2.51. The van der Waals surface area contributed by atoms with E-state index in [0.717, 1.165) is 13.0 Å². The van der Waals surface area contributed by atoms with Gasteiger partial charge in [0, 0.05) is 39.5 Å². The summed E-state index contributed by atoms with van der Waals surface area (Å²) in [6.45, 7) is 3.72. The second-order valence-electron chi connectivity index (χ2n) is 5.25. The summed E-state index contributed by atoms with van der Waals surface area (Å²) in [5, 5.41) is 9.19. The quantitative estimate of drug-likeness (QED) is 0.717. The molecule has 1 saturated heterocycles. The number of carbonyl (C=O) groups is 1. The second kappa shape index (κ2) is 9.08. The number of rotatable bonds is 6. The average molecular weight is 318 g/mol. The van der Waals surface area contributed by atoms with Crippen molar-refractivity contribution in [2.45, 2.75) is 6.42 Å². The summed E-state index contributed by atoms with van der Waals surface area (Å²) in [7, 11) is 1.60. The van der Waals surface area contributed by atoms with Crippen LogP contribution in [0.4, 0.5) is 5.82 Å². The number of nitrogens with zero attached hydrogens (tertiary/aromatic N) is 4. The fourth-order valence-electron chi connectivity index (χ4n) is 2.51. The third kappa shape index (κ3) is 4.91. The van der Waals surface area contributed by atoms with Gasteiger partial charge in [0.2, 0.25) is 5.91 Å². The Labute approximate surface area is 136 Å². The molecular formula is C16H22N4O3. The first-order valence-corrected chi connectivity index (χ1v) is 7.70. The number of hydrogen-bond donors (Lipinski definition) is 0. The summed E-state index contributed by atoms with van der Waals surface area (Å²) < 4.78 is 10.2. The van der Waals surface area contributed by atoms with Crippen molar-refractivity contribution in [3.8, 4) is 6.07 Å². The molecule has 0 unspecified atom stereocenters. The van der Waals surface area contributed by atoms with E-state index in [0.29, 0.717) is 44.2 Å². The van der Waals surface area contributed by atoms with Gasteiger partial charge in [-0.1, -0.05) is 0 Å². The Morgan fingerprint density at radius 1 is 1.35 bits per heavy atom. The van der Waals surface area contributed by atoms with Crippen molar-refractivity contribution in [2.75, 3.05) is 58.0 Å². The van der Waals surface area contributed by atoms with E-state index in [-0.39, 0.29) is 12.5 Å². The van der Waals surface area contributed by atoms with Crippen LogP contribution in [0.15, 0.2) is 18.3 Å². The third-order valence-electron chi connectivity index (χ3n) is 3.71. The molecule has 0 aliphatic carbocycles. The number of pyridine rings is 1. The highest BCUT2D eigenvalue weighted by Gasteiger charge is 2.21. The zero-order chi connectivity index (χ0) is 16.5. The molecule has 2 rings (SSSR count). The van der Waals surface area contributed by atoms with E-state index in [9.17, 15) is 10.1 Å². The molecule has 7 nitrogen and oxygen atoms in total. The Morgan fingerprint density at radius 3 is 3.00 bits per heavy atom. The maximum absolute atomic E-state index is 12.2. The summed E-state index contributed by atoms with van der Waals surface area (Å²) in [6.07, 6.45) is 2.53. The van der Waals surface area contributed by atoms with E-state index in [1.165, 1.54) is 0 Å². The van der Waals surface area contributed by atoms with Crippen molar-refractivity contribution in [2.24, 2.45) is 0 Å². The van der Waals surface area contributed by atoms with Crippen LogP contribution < -0.4 is 4.90 Å². The summed E-state index contributed by atoms with van der Waals surface area (Å²) in [5.41, 5.74) is 0.565. The standard InChI is InChI=1S/C16H22N4O3/c1-22-10-11-23-13-15(21)19-6-3-7-20(9-8-19)16-14(12-17)4-2-5-18-16/h2,4-5H,3,6-11,13H2,1H3. The first-order chi connectivity index (χ1) is 11.3. The van der Waals surface area contributed by atoms with E-state index in [1.807, 2.05) is 4.90 Å². The summed E-state index contributed by atoms with van der Waals surface area (Å²) >= 11 is 0. The van der Waals surface area contributed by atoms with Gasteiger partial charge in [-0.2, -0.15) is 5.26 Å². The van der Waals surface area contributed by atoms with Crippen molar-refractivity contribution in [1.29, 1.82) is 5.26 Å². The Balaban J connectivity index is 1.89. The lowest BCUT2D eigenvalue weighted by Crippen LogP contribution is -2.37. The van der Waals surface area contributed by atoms with E-state index >= 15 is 0 Å². The van der Waals surface area contributed by atoms with E-state index in [4.69, 9.17) is 9.47 Å². The maximum atomic E-state index is 12.2. The second-order valence-corrected chi connectivity index (χ2v) is 5.25. The number of nitriles is 1. The number of methoxy groups -OCH3 is 1. The SMILES string of the molecule is COCCOCC(=O)N1CCCN(c2ncccc2C#N)CC1. The number of amides is 1. The third-order valence-corrected chi connectivity index (χ3v) is 3.71. The first-order valence-electron chi connectivity index (χ1n) is 7.70. The predicted octanol–water partition coefficient (Wildman–Crippen LogP) is 0.655. The van der Waals surface area contributed by atoms with Gasteiger partial charge in [0.25, 0.3) is 0 Å². The van der Waals surface area contributed by atoms with Crippen LogP contribution in [0.3, 0.4) is 0 Å². The molecule has 23 heavy (non-hydrogen) atoms. The van der Waals surface area contributed by atoms with Gasteiger partial charge in [0.1, 0.15) is 18.5 Å². The van der Waals surface area contributed by atoms with Gasteiger partial charge in [-0.05, 0) is 18.6 Å². The largest absolute Gasteiger partial charge is 0.382 e. The van der Waals surface area contributed by atoms with Crippen LogP contribution >= 0.6 is 0 Å². The average Bonchev–Trinajstić information content (AvgIpc) is 2.84. The monoisotopic (exact) mass is 318 g/mol. The van der Waals surface area contributed by atoms with Crippen molar-refractivity contribution in [1.82, 2.24) is 9.88 Å².